The number of aryl methyl sites for hydroxylation is 1. The van der Waals surface area contributed by atoms with Crippen molar-refractivity contribution in [3.05, 3.63) is 47.5 Å². The van der Waals surface area contributed by atoms with Crippen molar-refractivity contribution in [3.8, 4) is 11.5 Å². The molecule has 0 spiro atoms. The smallest absolute Gasteiger partial charge is 0.277 e. The highest BCUT2D eigenvalue weighted by Crippen LogP contribution is 2.29. The minimum absolute atomic E-state index is 0.326. The number of thiazole rings is 1. The zero-order valence-corrected chi connectivity index (χ0v) is 14.4. The molecule has 6 nitrogen and oxygen atoms in total. The highest BCUT2D eigenvalue weighted by Gasteiger charge is 2.18. The van der Waals surface area contributed by atoms with Gasteiger partial charge in [0, 0.05) is 0 Å². The number of benzene rings is 2. The van der Waals surface area contributed by atoms with Gasteiger partial charge in [0.05, 0.1) is 24.4 Å². The van der Waals surface area contributed by atoms with Gasteiger partial charge in [-0.15, -0.1) is 0 Å². The van der Waals surface area contributed by atoms with Gasteiger partial charge in [-0.1, -0.05) is 23.5 Å². The predicted molar refractivity (Wildman–Crippen MR) is 95.0 cm³/mol. The highest BCUT2D eigenvalue weighted by molar-refractivity contribution is 7.22. The minimum atomic E-state index is -0.361. The van der Waals surface area contributed by atoms with Gasteiger partial charge in [-0.3, -0.25) is 15.6 Å². The van der Waals surface area contributed by atoms with Gasteiger partial charge in [-0.2, -0.15) is 0 Å². The first kappa shape index (κ1) is 16.1. The van der Waals surface area contributed by atoms with Crippen molar-refractivity contribution in [1.82, 2.24) is 10.4 Å². The van der Waals surface area contributed by atoms with Crippen LogP contribution in [-0.4, -0.2) is 25.1 Å². The lowest BCUT2D eigenvalue weighted by Crippen LogP contribution is -2.30. The number of nitrogens with one attached hydrogen (secondary N) is 2. The van der Waals surface area contributed by atoms with Gasteiger partial charge in [-0.25, -0.2) is 4.98 Å². The maximum Gasteiger partial charge on any atom is 0.277 e. The average molecular weight is 343 g/mol. The Hall–Kier alpha value is -2.80. The Labute approximate surface area is 143 Å². The molecule has 0 bridgehead atoms. The molecule has 3 rings (SSSR count). The third-order valence-electron chi connectivity index (χ3n) is 3.48. The van der Waals surface area contributed by atoms with E-state index in [4.69, 9.17) is 9.47 Å². The zero-order chi connectivity index (χ0) is 17.1. The third-order valence-corrected chi connectivity index (χ3v) is 4.42. The molecule has 0 fully saturated rings. The Balaban J connectivity index is 1.80. The van der Waals surface area contributed by atoms with Gasteiger partial charge in [-0.05, 0) is 36.8 Å². The Morgan fingerprint density at radius 1 is 1.12 bits per heavy atom. The molecule has 0 saturated heterocycles. The summed E-state index contributed by atoms with van der Waals surface area (Å²) in [6.45, 7) is 2.03. The van der Waals surface area contributed by atoms with Gasteiger partial charge in [0.2, 0.25) is 5.13 Å². The van der Waals surface area contributed by atoms with Crippen LogP contribution < -0.4 is 20.3 Å². The molecular formula is C17H17N3O3S. The topological polar surface area (TPSA) is 72.5 Å². The van der Waals surface area contributed by atoms with Crippen LogP contribution in [0.25, 0.3) is 10.2 Å². The molecule has 124 valence electrons. The number of amides is 1. The van der Waals surface area contributed by atoms with E-state index in [0.29, 0.717) is 22.2 Å². The summed E-state index contributed by atoms with van der Waals surface area (Å²) in [4.78, 5) is 16.9. The number of rotatable bonds is 5. The van der Waals surface area contributed by atoms with E-state index in [0.717, 1.165) is 10.2 Å². The molecule has 1 heterocycles. The maximum absolute atomic E-state index is 12.5. The van der Waals surface area contributed by atoms with Crippen molar-refractivity contribution in [3.63, 3.8) is 0 Å². The zero-order valence-electron chi connectivity index (χ0n) is 13.5. The van der Waals surface area contributed by atoms with Crippen LogP contribution in [0.15, 0.2) is 36.4 Å². The first-order chi connectivity index (χ1) is 11.6. The molecule has 1 amide bonds. The highest BCUT2D eigenvalue weighted by atomic mass is 32.1. The first-order valence-corrected chi connectivity index (χ1v) is 8.08. The van der Waals surface area contributed by atoms with E-state index in [1.165, 1.54) is 31.1 Å². The second-order valence-corrected chi connectivity index (χ2v) is 6.14. The van der Waals surface area contributed by atoms with Crippen molar-refractivity contribution >= 4 is 32.6 Å². The van der Waals surface area contributed by atoms with E-state index in [1.54, 1.807) is 18.2 Å². The third kappa shape index (κ3) is 3.11. The normalized spacial score (nSPS) is 10.5. The Bertz CT molecular complexity index is 870. The number of fused-ring (bicyclic) bond motifs is 1. The Morgan fingerprint density at radius 2 is 1.83 bits per heavy atom. The Kier molecular flexibility index (Phi) is 4.52. The molecular weight excluding hydrogens is 326 g/mol. The van der Waals surface area contributed by atoms with E-state index >= 15 is 0 Å². The molecule has 0 radical (unpaired) electrons. The molecule has 24 heavy (non-hydrogen) atoms. The Morgan fingerprint density at radius 3 is 2.50 bits per heavy atom. The van der Waals surface area contributed by atoms with Crippen LogP contribution in [0.3, 0.4) is 0 Å². The fourth-order valence-corrected chi connectivity index (χ4v) is 3.25. The van der Waals surface area contributed by atoms with E-state index in [-0.39, 0.29) is 5.91 Å². The number of ether oxygens (including phenoxy) is 2. The fraction of sp³-hybridized carbons (Fsp3) is 0.176. The monoisotopic (exact) mass is 343 g/mol. The number of aromatic nitrogens is 1. The molecule has 1 aromatic heterocycles. The molecule has 7 heteroatoms. The molecule has 0 aliphatic heterocycles. The molecule has 3 aromatic rings. The van der Waals surface area contributed by atoms with E-state index < -0.39 is 0 Å². The summed E-state index contributed by atoms with van der Waals surface area (Å²) < 4.78 is 11.5. The minimum Gasteiger partial charge on any atom is -0.496 e. The predicted octanol–water partition coefficient (Wildman–Crippen LogP) is 3.38. The van der Waals surface area contributed by atoms with Crippen LogP contribution in [0.2, 0.25) is 0 Å². The van der Waals surface area contributed by atoms with Crippen LogP contribution in [0.4, 0.5) is 5.13 Å². The van der Waals surface area contributed by atoms with Crippen LogP contribution in [0.5, 0.6) is 11.5 Å². The molecule has 0 unspecified atom stereocenters. The number of hydrogen-bond acceptors (Lipinski definition) is 6. The van der Waals surface area contributed by atoms with Crippen molar-refractivity contribution < 1.29 is 14.3 Å². The lowest BCUT2D eigenvalue weighted by molar-refractivity contribution is 0.0956. The number of anilines is 1. The maximum atomic E-state index is 12.5. The number of hydrazine groups is 1. The molecule has 0 saturated carbocycles. The first-order valence-electron chi connectivity index (χ1n) is 7.27. The van der Waals surface area contributed by atoms with Gasteiger partial charge < -0.3 is 9.47 Å². The summed E-state index contributed by atoms with van der Waals surface area (Å²) in [6, 6.07) is 11.2. The summed E-state index contributed by atoms with van der Waals surface area (Å²) in [5.74, 6) is 0.516. The molecule has 2 aromatic carbocycles. The fourth-order valence-electron chi connectivity index (χ4n) is 2.33. The molecule has 0 aliphatic carbocycles. The average Bonchev–Trinajstić information content (AvgIpc) is 3.00. The van der Waals surface area contributed by atoms with Crippen molar-refractivity contribution in [1.29, 1.82) is 0 Å². The van der Waals surface area contributed by atoms with Crippen molar-refractivity contribution in [2.45, 2.75) is 6.92 Å². The number of hydrogen-bond donors (Lipinski definition) is 2. The van der Waals surface area contributed by atoms with E-state index in [1.807, 2.05) is 19.1 Å². The van der Waals surface area contributed by atoms with Crippen LogP contribution >= 0.6 is 11.3 Å². The summed E-state index contributed by atoms with van der Waals surface area (Å²) in [6.07, 6.45) is 0. The second-order valence-electron chi connectivity index (χ2n) is 5.11. The number of carbonyl (C=O) groups excluding carboxylic acids is 1. The number of nitrogens with zero attached hydrogens (tertiary/aromatic N) is 1. The summed E-state index contributed by atoms with van der Waals surface area (Å²) in [7, 11) is 3.02. The molecule has 2 N–H and O–H groups in total. The van der Waals surface area contributed by atoms with E-state index in [2.05, 4.69) is 21.9 Å². The standard InChI is InChI=1S/C17H17N3O3S/c1-10-7-8-11-14(9-10)24-17(18-11)20-19-16(21)15-12(22-2)5-4-6-13(15)23-3/h4-9H,1-3H3,(H,18,20)(H,19,21). The largest absolute Gasteiger partial charge is 0.496 e. The lowest BCUT2D eigenvalue weighted by Gasteiger charge is -2.12. The van der Waals surface area contributed by atoms with Crippen LogP contribution in [0.1, 0.15) is 15.9 Å². The van der Waals surface area contributed by atoms with Gasteiger partial charge in [0.1, 0.15) is 17.1 Å². The quantitative estimate of drug-likeness (QED) is 0.695. The number of methoxy groups -OCH3 is 2. The van der Waals surface area contributed by atoms with Crippen LogP contribution in [-0.2, 0) is 0 Å². The van der Waals surface area contributed by atoms with E-state index in [9.17, 15) is 4.79 Å². The molecule has 0 aliphatic rings. The SMILES string of the molecule is COc1cccc(OC)c1C(=O)NNc1nc2ccc(C)cc2s1. The number of carbonyl (C=O) groups is 1. The molecule has 0 atom stereocenters. The van der Waals surface area contributed by atoms with Crippen molar-refractivity contribution in [2.24, 2.45) is 0 Å². The van der Waals surface area contributed by atoms with Gasteiger partial charge in [0.15, 0.2) is 0 Å². The van der Waals surface area contributed by atoms with Crippen LogP contribution in [0, 0.1) is 6.92 Å². The lowest BCUT2D eigenvalue weighted by atomic mass is 10.1. The van der Waals surface area contributed by atoms with Crippen molar-refractivity contribution in [2.75, 3.05) is 19.6 Å². The summed E-state index contributed by atoms with van der Waals surface area (Å²) >= 11 is 1.47. The summed E-state index contributed by atoms with van der Waals surface area (Å²) in [5, 5.41) is 0.609. The van der Waals surface area contributed by atoms with Gasteiger partial charge >= 0.3 is 0 Å². The second kappa shape index (κ2) is 6.76. The summed E-state index contributed by atoms with van der Waals surface area (Å²) in [5.41, 5.74) is 7.87. The van der Waals surface area contributed by atoms with Gasteiger partial charge in [0.25, 0.3) is 5.91 Å².